The molecule has 0 spiro atoms. The van der Waals surface area contributed by atoms with E-state index in [0.29, 0.717) is 27.9 Å². The van der Waals surface area contributed by atoms with Crippen molar-refractivity contribution in [2.24, 2.45) is 17.8 Å². The van der Waals surface area contributed by atoms with Crippen molar-refractivity contribution in [2.75, 3.05) is 7.05 Å². The Morgan fingerprint density at radius 1 is 1.24 bits per heavy atom. The van der Waals surface area contributed by atoms with Gasteiger partial charge in [0.05, 0.1) is 17.5 Å². The van der Waals surface area contributed by atoms with E-state index in [-0.39, 0.29) is 29.2 Å². The summed E-state index contributed by atoms with van der Waals surface area (Å²) < 4.78 is 5.11. The number of aromatic nitrogens is 4. The molecule has 0 saturated heterocycles. The van der Waals surface area contributed by atoms with Crippen molar-refractivity contribution < 1.29 is 5.11 Å². The van der Waals surface area contributed by atoms with Crippen molar-refractivity contribution in [1.82, 2.24) is 24.0 Å². The fraction of sp³-hybridized carbons (Fsp3) is 0.286. The van der Waals surface area contributed by atoms with Gasteiger partial charge in [-0.15, -0.1) is 0 Å². The SMILES string of the molecule is CN/C(C)=C\C(N)=Nc1cc(-c2ccnc(-n3ccc4c(cc5n4CCCC5)c3=O)c2CO)cn(C)c1=O. The van der Waals surface area contributed by atoms with Crippen molar-refractivity contribution in [3.8, 4) is 16.9 Å². The standard InChI is InChI=1S/C28H31N7O3/c1-17(30-2)12-25(29)32-23-13-18(15-33(3)28(23)38)20-7-9-31-26(22(20)16-36)35-11-8-24-21(27(35)37)14-19-6-4-5-10-34(19)24/h7-9,11-15,30,36H,4-6,10,16H2,1-3H3,(H2,29,32)/b17-12-. The summed E-state index contributed by atoms with van der Waals surface area (Å²) in [6, 6.07) is 7.28. The first-order chi connectivity index (χ1) is 18.3. The minimum Gasteiger partial charge on any atom is -0.392 e. The Balaban J connectivity index is 1.65. The molecule has 0 aliphatic carbocycles. The number of aryl methyl sites for hydroxylation is 3. The largest absolute Gasteiger partial charge is 0.392 e. The summed E-state index contributed by atoms with van der Waals surface area (Å²) in [4.78, 5) is 35.2. The molecule has 1 aliphatic heterocycles. The zero-order valence-electron chi connectivity index (χ0n) is 21.7. The first-order valence-corrected chi connectivity index (χ1v) is 12.6. The molecular formula is C28H31N7O3. The molecule has 38 heavy (non-hydrogen) atoms. The molecule has 1 aliphatic rings. The minimum absolute atomic E-state index is 0.155. The van der Waals surface area contributed by atoms with Crippen LogP contribution >= 0.6 is 0 Å². The molecule has 196 valence electrons. The lowest BCUT2D eigenvalue weighted by molar-refractivity contribution is 0.281. The molecule has 10 heteroatoms. The number of aliphatic hydroxyl groups is 1. The number of nitrogens with zero attached hydrogens (tertiary/aromatic N) is 5. The smallest absolute Gasteiger partial charge is 0.276 e. The second-order valence-corrected chi connectivity index (χ2v) is 9.50. The fourth-order valence-electron chi connectivity index (χ4n) is 5.03. The highest BCUT2D eigenvalue weighted by Crippen LogP contribution is 2.29. The quantitative estimate of drug-likeness (QED) is 0.268. The lowest BCUT2D eigenvalue weighted by atomic mass is 10.0. The van der Waals surface area contributed by atoms with E-state index in [9.17, 15) is 14.7 Å². The lowest BCUT2D eigenvalue weighted by Gasteiger charge is -2.16. The van der Waals surface area contributed by atoms with Gasteiger partial charge in [-0.2, -0.15) is 0 Å². The number of fused-ring (bicyclic) bond motifs is 3. The number of hydrogen-bond acceptors (Lipinski definition) is 6. The average Bonchev–Trinajstić information content (AvgIpc) is 3.30. The van der Waals surface area contributed by atoms with Crippen LogP contribution in [0.15, 0.2) is 69.2 Å². The average molecular weight is 514 g/mol. The molecule has 4 aromatic rings. The van der Waals surface area contributed by atoms with E-state index in [2.05, 4.69) is 19.9 Å². The van der Waals surface area contributed by atoms with Gasteiger partial charge in [-0.25, -0.2) is 9.98 Å². The molecule has 0 radical (unpaired) electrons. The maximum atomic E-state index is 13.6. The molecule has 0 atom stereocenters. The Morgan fingerprint density at radius 2 is 2.05 bits per heavy atom. The number of aliphatic imine (C=N–C) groups is 1. The summed E-state index contributed by atoms with van der Waals surface area (Å²) in [6.45, 7) is 2.39. The predicted molar refractivity (Wildman–Crippen MR) is 149 cm³/mol. The summed E-state index contributed by atoms with van der Waals surface area (Å²) >= 11 is 0. The van der Waals surface area contributed by atoms with Crippen molar-refractivity contribution in [3.63, 3.8) is 0 Å². The number of allylic oxidation sites excluding steroid dienone is 1. The summed E-state index contributed by atoms with van der Waals surface area (Å²) in [5, 5.41) is 14.0. The van der Waals surface area contributed by atoms with E-state index >= 15 is 0 Å². The first kappa shape index (κ1) is 25.2. The molecule has 10 nitrogen and oxygen atoms in total. The van der Waals surface area contributed by atoms with E-state index in [0.717, 1.165) is 37.0 Å². The van der Waals surface area contributed by atoms with Crippen LogP contribution in [0.2, 0.25) is 0 Å². The van der Waals surface area contributed by atoms with Gasteiger partial charge in [-0.05, 0) is 62.1 Å². The molecule has 5 rings (SSSR count). The van der Waals surface area contributed by atoms with Crippen molar-refractivity contribution in [2.45, 2.75) is 39.3 Å². The highest BCUT2D eigenvalue weighted by Gasteiger charge is 2.19. The maximum absolute atomic E-state index is 13.6. The third kappa shape index (κ3) is 4.43. The zero-order chi connectivity index (χ0) is 27.0. The topological polar surface area (TPSA) is 132 Å². The number of amidine groups is 1. The van der Waals surface area contributed by atoms with Crippen molar-refractivity contribution in [3.05, 3.63) is 86.6 Å². The first-order valence-electron chi connectivity index (χ1n) is 12.6. The van der Waals surface area contributed by atoms with Crippen LogP contribution in [-0.2, 0) is 26.6 Å². The van der Waals surface area contributed by atoms with Gasteiger partial charge >= 0.3 is 0 Å². The van der Waals surface area contributed by atoms with E-state index in [4.69, 9.17) is 5.73 Å². The molecule has 0 amide bonds. The van der Waals surface area contributed by atoms with Gasteiger partial charge in [0.15, 0.2) is 0 Å². The summed E-state index contributed by atoms with van der Waals surface area (Å²) in [6.07, 6.45) is 9.77. The normalized spacial score (nSPS) is 14.1. The minimum atomic E-state index is -0.358. The Bertz CT molecular complexity index is 1720. The van der Waals surface area contributed by atoms with E-state index < -0.39 is 0 Å². The van der Waals surface area contributed by atoms with E-state index in [1.165, 1.54) is 14.8 Å². The molecule has 0 aromatic carbocycles. The van der Waals surface area contributed by atoms with Crippen LogP contribution in [-0.4, -0.2) is 36.7 Å². The number of pyridine rings is 3. The Labute approximate surface area is 219 Å². The van der Waals surface area contributed by atoms with Gasteiger partial charge in [0, 0.05) is 61.7 Å². The Morgan fingerprint density at radius 3 is 2.82 bits per heavy atom. The molecule has 0 saturated carbocycles. The van der Waals surface area contributed by atoms with Crippen molar-refractivity contribution >= 4 is 22.4 Å². The predicted octanol–water partition coefficient (Wildman–Crippen LogP) is 2.49. The summed E-state index contributed by atoms with van der Waals surface area (Å²) in [7, 11) is 3.40. The van der Waals surface area contributed by atoms with Gasteiger partial charge in [-0.3, -0.25) is 14.2 Å². The zero-order valence-corrected chi connectivity index (χ0v) is 21.7. The van der Waals surface area contributed by atoms with Gasteiger partial charge in [0.25, 0.3) is 11.1 Å². The number of rotatable bonds is 6. The van der Waals surface area contributed by atoms with Crippen LogP contribution in [0.5, 0.6) is 0 Å². The van der Waals surface area contributed by atoms with Crippen molar-refractivity contribution in [1.29, 1.82) is 0 Å². The summed E-state index contributed by atoms with van der Waals surface area (Å²) in [5.74, 6) is 0.520. The molecule has 0 fully saturated rings. The van der Waals surface area contributed by atoms with Crippen LogP contribution in [0.4, 0.5) is 5.69 Å². The van der Waals surface area contributed by atoms with Crippen LogP contribution < -0.4 is 22.2 Å². The van der Waals surface area contributed by atoms with Gasteiger partial charge in [0.2, 0.25) is 0 Å². The molecular weight excluding hydrogens is 482 g/mol. The second kappa shape index (κ2) is 10.1. The number of nitrogens with one attached hydrogen (secondary N) is 1. The molecule has 4 N–H and O–H groups in total. The molecule has 0 bridgehead atoms. The Kier molecular flexibility index (Phi) is 6.73. The van der Waals surface area contributed by atoms with Gasteiger partial charge in [-0.1, -0.05) is 0 Å². The number of nitrogens with two attached hydrogens (primary N) is 1. The number of aliphatic hydroxyl groups excluding tert-OH is 1. The van der Waals surface area contributed by atoms with E-state index in [1.54, 1.807) is 50.9 Å². The third-order valence-electron chi connectivity index (χ3n) is 7.02. The van der Waals surface area contributed by atoms with Crippen LogP contribution in [0.25, 0.3) is 27.8 Å². The number of hydrogen-bond donors (Lipinski definition) is 3. The fourth-order valence-corrected chi connectivity index (χ4v) is 5.03. The second-order valence-electron chi connectivity index (χ2n) is 9.50. The lowest BCUT2D eigenvalue weighted by Crippen LogP contribution is -2.21. The van der Waals surface area contributed by atoms with Crippen LogP contribution in [0.3, 0.4) is 0 Å². The monoisotopic (exact) mass is 513 g/mol. The highest BCUT2D eigenvalue weighted by atomic mass is 16.3. The molecule has 4 aromatic heterocycles. The molecule has 5 heterocycles. The molecule has 0 unspecified atom stereocenters. The highest BCUT2D eigenvalue weighted by molar-refractivity contribution is 5.94. The van der Waals surface area contributed by atoms with Crippen LogP contribution in [0, 0.1) is 0 Å². The summed E-state index contributed by atoms with van der Waals surface area (Å²) in [5.41, 5.74) is 10.3. The van der Waals surface area contributed by atoms with Gasteiger partial charge in [0.1, 0.15) is 17.3 Å². The van der Waals surface area contributed by atoms with Crippen LogP contribution in [0.1, 0.15) is 31.0 Å². The van der Waals surface area contributed by atoms with E-state index in [1.807, 2.05) is 19.1 Å². The van der Waals surface area contributed by atoms with Gasteiger partial charge < -0.3 is 25.3 Å². The third-order valence-corrected chi connectivity index (χ3v) is 7.02. The Hall–Kier alpha value is -4.44. The maximum Gasteiger partial charge on any atom is 0.276 e.